The molecule has 0 radical (unpaired) electrons. The number of nitrogens with zero attached hydrogens (tertiary/aromatic N) is 4. The van der Waals surface area contributed by atoms with E-state index in [-0.39, 0.29) is 5.56 Å². The number of hydrogen-bond acceptors (Lipinski definition) is 6. The summed E-state index contributed by atoms with van der Waals surface area (Å²) in [5.41, 5.74) is 2.97. The molecule has 1 aliphatic heterocycles. The van der Waals surface area contributed by atoms with Gasteiger partial charge in [0.05, 0.1) is 25.3 Å². The lowest BCUT2D eigenvalue weighted by molar-refractivity contribution is 0.182. The molecule has 1 aromatic heterocycles. The molecule has 0 bridgehead atoms. The van der Waals surface area contributed by atoms with Gasteiger partial charge in [0.25, 0.3) is 5.56 Å². The molecule has 2 heterocycles. The van der Waals surface area contributed by atoms with E-state index in [1.54, 1.807) is 12.1 Å². The van der Waals surface area contributed by atoms with Gasteiger partial charge in [0.1, 0.15) is 5.52 Å². The Kier molecular flexibility index (Phi) is 5.25. The lowest BCUT2D eigenvalue weighted by Crippen LogP contribution is -2.37. The average molecular weight is 380 g/mol. The van der Waals surface area contributed by atoms with Crippen molar-refractivity contribution in [3.05, 3.63) is 57.9 Å². The molecule has 0 amide bonds. The van der Waals surface area contributed by atoms with E-state index in [0.29, 0.717) is 30.8 Å². The van der Waals surface area contributed by atoms with Gasteiger partial charge in [-0.25, -0.2) is 0 Å². The predicted molar refractivity (Wildman–Crippen MR) is 107 cm³/mol. The summed E-state index contributed by atoms with van der Waals surface area (Å²) in [6.07, 6.45) is 0.886. The monoisotopic (exact) mass is 380 g/mol. The molecule has 0 aliphatic carbocycles. The van der Waals surface area contributed by atoms with Crippen LogP contribution in [0.5, 0.6) is 11.5 Å². The summed E-state index contributed by atoms with van der Waals surface area (Å²) in [6, 6.07) is 11.4. The fourth-order valence-corrected chi connectivity index (χ4v) is 3.59. The van der Waals surface area contributed by atoms with Gasteiger partial charge in [-0.3, -0.25) is 9.69 Å². The number of rotatable bonds is 6. The van der Waals surface area contributed by atoms with E-state index in [4.69, 9.17) is 9.47 Å². The van der Waals surface area contributed by atoms with E-state index in [1.165, 1.54) is 15.8 Å². The van der Waals surface area contributed by atoms with E-state index in [2.05, 4.69) is 27.3 Å². The first kappa shape index (κ1) is 18.4. The molecule has 4 rings (SSSR count). The Balaban J connectivity index is 1.58. The number of benzene rings is 2. The van der Waals surface area contributed by atoms with Crippen LogP contribution < -0.4 is 15.0 Å². The van der Waals surface area contributed by atoms with Crippen LogP contribution >= 0.6 is 0 Å². The van der Waals surface area contributed by atoms with E-state index < -0.39 is 0 Å². The van der Waals surface area contributed by atoms with E-state index in [9.17, 15) is 4.79 Å². The summed E-state index contributed by atoms with van der Waals surface area (Å²) in [5.74, 6) is 1.57. The predicted octanol–water partition coefficient (Wildman–Crippen LogP) is 2.60. The topological polar surface area (TPSA) is 69.5 Å². The number of ether oxygens (including phenoxy) is 2. The first-order chi connectivity index (χ1) is 13.7. The van der Waals surface area contributed by atoms with Gasteiger partial charge < -0.3 is 9.47 Å². The minimum absolute atomic E-state index is 0.113. The highest BCUT2D eigenvalue weighted by atomic mass is 16.5. The molecular formula is C21H24N4O3. The molecule has 0 unspecified atom stereocenters. The lowest BCUT2D eigenvalue weighted by Gasteiger charge is -2.29. The van der Waals surface area contributed by atoms with Gasteiger partial charge in [0, 0.05) is 13.1 Å². The average Bonchev–Trinajstić information content (AvgIpc) is 2.71. The Hall–Kier alpha value is -2.93. The minimum atomic E-state index is -0.113. The van der Waals surface area contributed by atoms with Crippen molar-refractivity contribution in [3.63, 3.8) is 0 Å². The van der Waals surface area contributed by atoms with E-state index in [0.717, 1.165) is 31.0 Å². The zero-order chi connectivity index (χ0) is 19.5. The SMILES string of the molecule is CCOc1cc2c(cc1OCC)CN(Cn1nnc3ccccc3c1=O)CC2. The van der Waals surface area contributed by atoms with Crippen LogP contribution in [0.1, 0.15) is 25.0 Å². The molecule has 1 aliphatic rings. The van der Waals surface area contributed by atoms with Crippen LogP contribution in [0.3, 0.4) is 0 Å². The Morgan fingerprint density at radius 2 is 1.75 bits per heavy atom. The maximum atomic E-state index is 12.7. The number of aromatic nitrogens is 3. The zero-order valence-corrected chi connectivity index (χ0v) is 16.2. The van der Waals surface area contributed by atoms with Crippen molar-refractivity contribution < 1.29 is 9.47 Å². The maximum absolute atomic E-state index is 12.7. The quantitative estimate of drug-likeness (QED) is 0.655. The molecule has 7 nitrogen and oxygen atoms in total. The lowest BCUT2D eigenvalue weighted by atomic mass is 9.99. The zero-order valence-electron chi connectivity index (χ0n) is 16.2. The summed E-state index contributed by atoms with van der Waals surface area (Å²) < 4.78 is 12.9. The van der Waals surface area contributed by atoms with Crippen molar-refractivity contribution in [2.45, 2.75) is 33.5 Å². The summed E-state index contributed by atoms with van der Waals surface area (Å²) in [4.78, 5) is 14.9. The van der Waals surface area contributed by atoms with Crippen LogP contribution in [-0.2, 0) is 19.6 Å². The normalized spacial score (nSPS) is 14.1. The van der Waals surface area contributed by atoms with Gasteiger partial charge in [-0.2, -0.15) is 4.68 Å². The second-order valence-corrected chi connectivity index (χ2v) is 6.79. The molecule has 7 heteroatoms. The first-order valence-electron chi connectivity index (χ1n) is 9.66. The highest BCUT2D eigenvalue weighted by molar-refractivity contribution is 5.76. The Bertz CT molecular complexity index is 1050. The smallest absolute Gasteiger partial charge is 0.278 e. The summed E-state index contributed by atoms with van der Waals surface area (Å²) >= 11 is 0. The molecular weight excluding hydrogens is 356 g/mol. The highest BCUT2D eigenvalue weighted by Gasteiger charge is 2.21. The van der Waals surface area contributed by atoms with Gasteiger partial charge in [-0.15, -0.1) is 5.10 Å². The van der Waals surface area contributed by atoms with Crippen molar-refractivity contribution in [2.24, 2.45) is 0 Å². The van der Waals surface area contributed by atoms with Crippen molar-refractivity contribution in [1.82, 2.24) is 19.9 Å². The molecule has 28 heavy (non-hydrogen) atoms. The van der Waals surface area contributed by atoms with Gasteiger partial charge in [-0.1, -0.05) is 17.3 Å². The van der Waals surface area contributed by atoms with Crippen molar-refractivity contribution >= 4 is 10.9 Å². The third kappa shape index (κ3) is 3.57. The van der Waals surface area contributed by atoms with Gasteiger partial charge in [-0.05, 0) is 55.7 Å². The van der Waals surface area contributed by atoms with Crippen LogP contribution in [0, 0.1) is 0 Å². The summed E-state index contributed by atoms with van der Waals surface area (Å²) in [6.45, 7) is 7.11. The fourth-order valence-electron chi connectivity index (χ4n) is 3.59. The summed E-state index contributed by atoms with van der Waals surface area (Å²) in [5, 5.41) is 8.87. The molecule has 0 saturated carbocycles. The van der Waals surface area contributed by atoms with Crippen LogP contribution in [0.4, 0.5) is 0 Å². The van der Waals surface area contributed by atoms with Crippen LogP contribution in [-0.4, -0.2) is 39.7 Å². The molecule has 0 atom stereocenters. The Labute approximate surface area is 163 Å². The number of hydrogen-bond donors (Lipinski definition) is 0. The fraction of sp³-hybridized carbons (Fsp3) is 0.381. The molecule has 0 spiro atoms. The third-order valence-electron chi connectivity index (χ3n) is 4.92. The van der Waals surface area contributed by atoms with Gasteiger partial charge >= 0.3 is 0 Å². The Morgan fingerprint density at radius 1 is 1.04 bits per heavy atom. The molecule has 0 N–H and O–H groups in total. The molecule has 146 valence electrons. The van der Waals surface area contributed by atoms with Gasteiger partial charge in [0.15, 0.2) is 11.5 Å². The second-order valence-electron chi connectivity index (χ2n) is 6.79. The van der Waals surface area contributed by atoms with Crippen LogP contribution in [0.2, 0.25) is 0 Å². The van der Waals surface area contributed by atoms with E-state index in [1.807, 2.05) is 26.0 Å². The number of fused-ring (bicyclic) bond motifs is 2. The molecule has 0 fully saturated rings. The minimum Gasteiger partial charge on any atom is -0.490 e. The molecule has 2 aromatic carbocycles. The largest absolute Gasteiger partial charge is 0.490 e. The van der Waals surface area contributed by atoms with Crippen molar-refractivity contribution in [1.29, 1.82) is 0 Å². The molecule has 3 aromatic rings. The van der Waals surface area contributed by atoms with Crippen LogP contribution in [0.15, 0.2) is 41.2 Å². The van der Waals surface area contributed by atoms with Crippen LogP contribution in [0.25, 0.3) is 10.9 Å². The van der Waals surface area contributed by atoms with Crippen molar-refractivity contribution in [2.75, 3.05) is 19.8 Å². The van der Waals surface area contributed by atoms with Crippen molar-refractivity contribution in [3.8, 4) is 11.5 Å². The highest BCUT2D eigenvalue weighted by Crippen LogP contribution is 2.33. The van der Waals surface area contributed by atoms with Gasteiger partial charge in [0.2, 0.25) is 0 Å². The Morgan fingerprint density at radius 3 is 2.50 bits per heavy atom. The third-order valence-corrected chi connectivity index (χ3v) is 4.92. The first-order valence-corrected chi connectivity index (χ1v) is 9.66. The van der Waals surface area contributed by atoms with E-state index >= 15 is 0 Å². The maximum Gasteiger partial charge on any atom is 0.278 e. The second kappa shape index (κ2) is 7.98. The molecule has 0 saturated heterocycles. The standard InChI is InChI=1S/C21H24N4O3/c1-3-27-19-11-15-9-10-24(13-16(15)12-20(19)28-4-2)14-25-21(26)17-7-5-6-8-18(17)22-23-25/h5-8,11-12H,3-4,9-10,13-14H2,1-2H3. The summed E-state index contributed by atoms with van der Waals surface area (Å²) in [7, 11) is 0.